The summed E-state index contributed by atoms with van der Waals surface area (Å²) in [6, 6.07) is 0. The van der Waals surface area contributed by atoms with Gasteiger partial charge in [0.15, 0.2) is 0 Å². The van der Waals surface area contributed by atoms with Gasteiger partial charge in [0.1, 0.15) is 0 Å². The largest absolute Gasteiger partial charge is 0.365 e. The summed E-state index contributed by atoms with van der Waals surface area (Å²) in [5, 5.41) is 0. The average molecular weight is 268 g/mol. The molecule has 0 unspecified atom stereocenters. The number of nitrogens with zero attached hydrogens (tertiary/aromatic N) is 4. The van der Waals surface area contributed by atoms with Gasteiger partial charge in [0.25, 0.3) is 0 Å². The van der Waals surface area contributed by atoms with Gasteiger partial charge in [-0.25, -0.2) is 0 Å². The average Bonchev–Trinajstić information content (AvgIpc) is 2.25. The van der Waals surface area contributed by atoms with Crippen molar-refractivity contribution in [1.29, 1.82) is 0 Å². The third-order valence-corrected chi connectivity index (χ3v) is 2.89. The molecule has 112 valence electrons. The van der Waals surface area contributed by atoms with Crippen molar-refractivity contribution in [2.24, 2.45) is 0 Å². The molecule has 0 saturated carbocycles. The van der Waals surface area contributed by atoms with Crippen molar-refractivity contribution < 1.29 is 0 Å². The quantitative estimate of drug-likeness (QED) is 0.625. The molecule has 0 heterocycles. The lowest BCUT2D eigenvalue weighted by Gasteiger charge is -2.25. The normalized spacial score (nSPS) is 9.68. The van der Waals surface area contributed by atoms with Gasteiger partial charge in [-0.05, 0) is 31.4 Å². The molecule has 0 aliphatic carbocycles. The fourth-order valence-corrected chi connectivity index (χ4v) is 2.11. The van der Waals surface area contributed by atoms with Crippen molar-refractivity contribution >= 4 is 0 Å². The fraction of sp³-hybridized carbons (Fsp3) is 0.733. The highest BCUT2D eigenvalue weighted by atomic mass is 15.3. The van der Waals surface area contributed by atoms with Gasteiger partial charge in [0.2, 0.25) is 0 Å². The molecule has 0 aliphatic heterocycles. The summed E-state index contributed by atoms with van der Waals surface area (Å²) in [6.45, 7) is 0. The Balaban J connectivity index is 4.30. The van der Waals surface area contributed by atoms with Crippen molar-refractivity contribution in [2.75, 3.05) is 56.4 Å². The number of rotatable bonds is 8. The van der Waals surface area contributed by atoms with E-state index in [1.807, 2.05) is 0 Å². The van der Waals surface area contributed by atoms with E-state index in [4.69, 9.17) is 0 Å². The van der Waals surface area contributed by atoms with Crippen molar-refractivity contribution in [3.63, 3.8) is 0 Å². The summed E-state index contributed by atoms with van der Waals surface area (Å²) in [7, 11) is 16.7. The number of hydrogen-bond donors (Lipinski definition) is 0. The second-order valence-corrected chi connectivity index (χ2v) is 5.63. The van der Waals surface area contributed by atoms with Crippen LogP contribution in [0.5, 0.6) is 0 Å². The zero-order chi connectivity index (χ0) is 15.0. The maximum Gasteiger partial charge on any atom is 0.0987 e. The molecule has 0 saturated heterocycles. The molecule has 0 radical (unpaired) electrons. The first-order chi connectivity index (χ1) is 8.77. The highest BCUT2D eigenvalue weighted by Gasteiger charge is 2.02. The Bertz CT molecular complexity index is 251. The van der Waals surface area contributed by atoms with Gasteiger partial charge in [-0.2, -0.15) is 0 Å². The van der Waals surface area contributed by atoms with Crippen LogP contribution in [0.2, 0.25) is 0 Å². The van der Waals surface area contributed by atoms with E-state index in [2.05, 4.69) is 88.1 Å². The van der Waals surface area contributed by atoms with E-state index in [0.29, 0.717) is 0 Å². The molecule has 0 bridgehead atoms. The highest BCUT2D eigenvalue weighted by Crippen LogP contribution is 2.09. The fourth-order valence-electron chi connectivity index (χ4n) is 2.11. The second-order valence-electron chi connectivity index (χ2n) is 5.63. The Hall–Kier alpha value is -1.32. The lowest BCUT2D eigenvalue weighted by atomic mass is 10.2. The van der Waals surface area contributed by atoms with Crippen molar-refractivity contribution in [1.82, 2.24) is 19.6 Å². The van der Waals surface area contributed by atoms with E-state index < -0.39 is 0 Å². The molecule has 0 atom stereocenters. The molecular formula is C15H32N4. The number of allylic oxidation sites excluding steroid dienone is 2. The molecule has 4 heteroatoms. The van der Waals surface area contributed by atoms with E-state index in [1.54, 1.807) is 0 Å². The summed E-state index contributed by atoms with van der Waals surface area (Å²) >= 11 is 0. The minimum atomic E-state index is 1.11. The first-order valence-corrected chi connectivity index (χ1v) is 6.87. The minimum absolute atomic E-state index is 1.11. The molecule has 4 nitrogen and oxygen atoms in total. The van der Waals surface area contributed by atoms with E-state index in [1.165, 1.54) is 18.1 Å². The molecule has 0 N–H and O–H groups in total. The molecule has 0 rings (SSSR count). The monoisotopic (exact) mass is 268 g/mol. The molecule has 0 spiro atoms. The van der Waals surface area contributed by atoms with Gasteiger partial charge < -0.3 is 19.6 Å². The standard InChI is InChI=1S/C15H32N4/c1-16(2)14(17(3)4)12-10-9-11-13-15(18(5)6)19(7)8/h12-13H,9-11H2,1-8H3. The zero-order valence-corrected chi connectivity index (χ0v) is 14.1. The van der Waals surface area contributed by atoms with Gasteiger partial charge >= 0.3 is 0 Å². The van der Waals surface area contributed by atoms with E-state index >= 15 is 0 Å². The second kappa shape index (κ2) is 8.73. The molecule has 19 heavy (non-hydrogen) atoms. The predicted octanol–water partition coefficient (Wildman–Crippen LogP) is 2.09. The lowest BCUT2D eigenvalue weighted by molar-refractivity contribution is 0.338. The van der Waals surface area contributed by atoms with Crippen LogP contribution in [0, 0.1) is 0 Å². The maximum atomic E-state index is 2.30. The first-order valence-electron chi connectivity index (χ1n) is 6.87. The molecule has 0 aliphatic rings. The predicted molar refractivity (Wildman–Crippen MR) is 84.8 cm³/mol. The summed E-state index contributed by atoms with van der Waals surface area (Å²) in [5.74, 6) is 2.54. The summed E-state index contributed by atoms with van der Waals surface area (Å²) in [6.07, 6.45) is 8.00. The molecule has 0 aromatic carbocycles. The topological polar surface area (TPSA) is 13.0 Å². The van der Waals surface area contributed by atoms with Crippen LogP contribution in [0.3, 0.4) is 0 Å². The molecular weight excluding hydrogens is 236 g/mol. The zero-order valence-electron chi connectivity index (χ0n) is 14.1. The Kier molecular flexibility index (Phi) is 8.12. The van der Waals surface area contributed by atoms with Crippen LogP contribution in [0.4, 0.5) is 0 Å². The van der Waals surface area contributed by atoms with Gasteiger partial charge in [0, 0.05) is 56.4 Å². The highest BCUT2D eigenvalue weighted by molar-refractivity contribution is 4.99. The molecule has 0 aromatic rings. The summed E-state index contributed by atoms with van der Waals surface area (Å²) in [5.41, 5.74) is 0. The third kappa shape index (κ3) is 6.99. The number of hydrogen-bond acceptors (Lipinski definition) is 4. The Morgan fingerprint density at radius 2 is 0.842 bits per heavy atom. The van der Waals surface area contributed by atoms with Crippen LogP contribution in [0.25, 0.3) is 0 Å². The van der Waals surface area contributed by atoms with E-state index in [0.717, 1.165) is 12.8 Å². The Morgan fingerprint density at radius 3 is 1.05 bits per heavy atom. The van der Waals surface area contributed by atoms with E-state index in [9.17, 15) is 0 Å². The summed E-state index contributed by atoms with van der Waals surface area (Å²) in [4.78, 5) is 8.61. The first kappa shape index (κ1) is 17.7. The van der Waals surface area contributed by atoms with Crippen molar-refractivity contribution in [3.05, 3.63) is 23.8 Å². The third-order valence-electron chi connectivity index (χ3n) is 2.89. The van der Waals surface area contributed by atoms with Crippen LogP contribution in [-0.4, -0.2) is 76.0 Å². The van der Waals surface area contributed by atoms with Crippen LogP contribution in [0.1, 0.15) is 19.3 Å². The van der Waals surface area contributed by atoms with Gasteiger partial charge in [-0.1, -0.05) is 0 Å². The van der Waals surface area contributed by atoms with Crippen molar-refractivity contribution in [2.45, 2.75) is 19.3 Å². The Morgan fingerprint density at radius 1 is 0.579 bits per heavy atom. The van der Waals surface area contributed by atoms with Gasteiger partial charge in [0.05, 0.1) is 11.6 Å². The molecule has 0 aromatic heterocycles. The Labute approximate surface area is 120 Å². The molecule has 0 amide bonds. The smallest absolute Gasteiger partial charge is 0.0987 e. The van der Waals surface area contributed by atoms with Crippen LogP contribution in [-0.2, 0) is 0 Å². The lowest BCUT2D eigenvalue weighted by Crippen LogP contribution is -2.24. The molecule has 0 fully saturated rings. The van der Waals surface area contributed by atoms with Crippen LogP contribution >= 0.6 is 0 Å². The van der Waals surface area contributed by atoms with E-state index in [-0.39, 0.29) is 0 Å². The number of unbranched alkanes of at least 4 members (excludes halogenated alkanes) is 2. The van der Waals surface area contributed by atoms with Crippen molar-refractivity contribution in [3.8, 4) is 0 Å². The summed E-state index contributed by atoms with van der Waals surface area (Å²) < 4.78 is 0. The SMILES string of the molecule is CN(C)C(=CCCCC=C(N(C)C)N(C)C)N(C)C. The van der Waals surface area contributed by atoms with Gasteiger partial charge in [-0.3, -0.25) is 0 Å². The van der Waals surface area contributed by atoms with Gasteiger partial charge in [-0.15, -0.1) is 0 Å². The minimum Gasteiger partial charge on any atom is -0.365 e. The van der Waals surface area contributed by atoms with Crippen LogP contribution in [0.15, 0.2) is 23.8 Å². The maximum absolute atomic E-state index is 2.30. The van der Waals surface area contributed by atoms with Crippen LogP contribution < -0.4 is 0 Å².